The van der Waals surface area contributed by atoms with E-state index in [2.05, 4.69) is 0 Å². The van der Waals surface area contributed by atoms with Crippen molar-refractivity contribution in [3.63, 3.8) is 0 Å². The normalized spacial score (nSPS) is 26.4. The molecule has 0 aromatic heterocycles. The first kappa shape index (κ1) is 18.0. The number of rotatable bonds is 4. The van der Waals surface area contributed by atoms with Crippen molar-refractivity contribution in [2.45, 2.75) is 12.1 Å². The number of quaternary nitrogens is 1. The molecule has 0 spiro atoms. The van der Waals surface area contributed by atoms with Gasteiger partial charge in [0.25, 0.3) is 0 Å². The van der Waals surface area contributed by atoms with Crippen LogP contribution in [0.5, 0.6) is 11.5 Å². The molecule has 2 saturated heterocycles. The summed E-state index contributed by atoms with van der Waals surface area (Å²) in [5.41, 5.74) is 0.761. The average molecular weight is 382 g/mol. The number of imide groups is 1. The summed E-state index contributed by atoms with van der Waals surface area (Å²) >= 11 is 0. The number of carbonyl (C=O) groups excluding carboxylic acids is 3. The summed E-state index contributed by atoms with van der Waals surface area (Å²) in [5, 5.41) is 23.3. The van der Waals surface area contributed by atoms with E-state index in [4.69, 9.17) is 4.74 Å². The van der Waals surface area contributed by atoms with Crippen molar-refractivity contribution in [2.24, 2.45) is 11.8 Å². The number of benzene rings is 2. The van der Waals surface area contributed by atoms with Crippen LogP contribution < -0.4 is 20.1 Å². The Morgan fingerprint density at radius 2 is 1.71 bits per heavy atom. The second-order valence-electron chi connectivity index (χ2n) is 6.88. The molecule has 2 amide bonds. The predicted molar refractivity (Wildman–Crippen MR) is 94.0 cm³/mol. The summed E-state index contributed by atoms with van der Waals surface area (Å²) in [4.78, 5) is 38.9. The second kappa shape index (κ2) is 6.65. The molecule has 2 aromatic carbocycles. The van der Waals surface area contributed by atoms with E-state index in [-0.39, 0.29) is 5.75 Å². The fraction of sp³-hybridized carbons (Fsp3) is 0.250. The molecular formula is C20H18N2O6. The average Bonchev–Trinajstić information content (AvgIpc) is 3.20. The summed E-state index contributed by atoms with van der Waals surface area (Å²) in [7, 11) is 1.50. The van der Waals surface area contributed by atoms with Gasteiger partial charge in [-0.15, -0.1) is 0 Å². The van der Waals surface area contributed by atoms with Crippen LogP contribution >= 0.6 is 0 Å². The van der Waals surface area contributed by atoms with Crippen LogP contribution in [0.3, 0.4) is 0 Å². The molecule has 4 atom stereocenters. The number of carbonyl (C=O) groups is 3. The molecule has 2 aromatic rings. The van der Waals surface area contributed by atoms with E-state index in [1.807, 2.05) is 0 Å². The van der Waals surface area contributed by atoms with E-state index in [9.17, 15) is 24.6 Å². The number of nitrogens with two attached hydrogens (primary N) is 1. The molecular weight excluding hydrogens is 364 g/mol. The molecule has 0 saturated carbocycles. The minimum atomic E-state index is -1.41. The zero-order valence-electron chi connectivity index (χ0n) is 14.9. The van der Waals surface area contributed by atoms with Gasteiger partial charge in [0.2, 0.25) is 11.8 Å². The zero-order valence-corrected chi connectivity index (χ0v) is 14.9. The largest absolute Gasteiger partial charge is 0.544 e. The van der Waals surface area contributed by atoms with Crippen LogP contribution in [0.4, 0.5) is 5.69 Å². The topological polar surface area (TPSA) is 124 Å². The third-order valence-electron chi connectivity index (χ3n) is 5.49. The number of carboxylic acid groups (broad SMARTS) is 1. The van der Waals surface area contributed by atoms with Crippen molar-refractivity contribution in [3.05, 3.63) is 54.1 Å². The molecule has 4 rings (SSSR count). The van der Waals surface area contributed by atoms with E-state index < -0.39 is 41.7 Å². The third-order valence-corrected chi connectivity index (χ3v) is 5.49. The summed E-state index contributed by atoms with van der Waals surface area (Å²) in [6.45, 7) is 0. The SMILES string of the molecule is COc1ccc(N2C(=O)[C@@H]3[C@@H](C2=O)[C@H](c2ccccc2O)[NH2+][C@@H]3C(=O)[O-])cc1. The maximum absolute atomic E-state index is 13.2. The van der Waals surface area contributed by atoms with Crippen LogP contribution in [-0.2, 0) is 14.4 Å². The molecule has 8 nitrogen and oxygen atoms in total. The number of anilines is 1. The Morgan fingerprint density at radius 1 is 1.07 bits per heavy atom. The number of nitrogens with zero attached hydrogens (tertiary/aromatic N) is 1. The monoisotopic (exact) mass is 382 g/mol. The molecule has 0 radical (unpaired) electrons. The van der Waals surface area contributed by atoms with Gasteiger partial charge in [0.05, 0.1) is 18.4 Å². The fourth-order valence-corrected chi connectivity index (χ4v) is 4.21. The van der Waals surface area contributed by atoms with Gasteiger partial charge in [-0.3, -0.25) is 9.59 Å². The number of hydrogen-bond acceptors (Lipinski definition) is 6. The minimum Gasteiger partial charge on any atom is -0.544 e. The Hall–Kier alpha value is -3.39. The number of ether oxygens (including phenoxy) is 1. The lowest BCUT2D eigenvalue weighted by molar-refractivity contribution is -0.705. The second-order valence-corrected chi connectivity index (χ2v) is 6.88. The number of amides is 2. The lowest BCUT2D eigenvalue weighted by atomic mass is 9.86. The number of hydrogen-bond donors (Lipinski definition) is 2. The van der Waals surface area contributed by atoms with Crippen molar-refractivity contribution < 1.29 is 34.7 Å². The van der Waals surface area contributed by atoms with E-state index in [0.717, 1.165) is 4.90 Å². The van der Waals surface area contributed by atoms with Crippen molar-refractivity contribution in [1.29, 1.82) is 0 Å². The van der Waals surface area contributed by atoms with E-state index in [0.29, 0.717) is 17.0 Å². The molecule has 28 heavy (non-hydrogen) atoms. The highest BCUT2D eigenvalue weighted by molar-refractivity contribution is 6.23. The summed E-state index contributed by atoms with van der Waals surface area (Å²) < 4.78 is 5.09. The van der Waals surface area contributed by atoms with Gasteiger partial charge in [0.15, 0.2) is 0 Å². The maximum atomic E-state index is 13.2. The number of aliphatic carboxylic acids is 1. The standard InChI is InChI=1S/C20H18N2O6/c1-28-11-8-6-10(7-9-11)22-18(24)14-15(19(22)25)17(20(26)27)21-16(14)12-4-2-3-5-13(12)23/h2-9,14-17,21,23H,1H3,(H,26,27)/t14-,15-,16+,17+/m1/s1. The van der Waals surface area contributed by atoms with Gasteiger partial charge < -0.3 is 25.1 Å². The number of phenols is 1. The molecule has 2 aliphatic rings. The zero-order chi connectivity index (χ0) is 20.0. The number of para-hydroxylation sites is 1. The molecule has 3 N–H and O–H groups in total. The summed E-state index contributed by atoms with van der Waals surface area (Å²) in [6.07, 6.45) is 0. The van der Waals surface area contributed by atoms with Gasteiger partial charge in [-0.1, -0.05) is 12.1 Å². The van der Waals surface area contributed by atoms with Crippen LogP contribution in [-0.4, -0.2) is 36.0 Å². The highest BCUT2D eigenvalue weighted by Gasteiger charge is 2.63. The highest BCUT2D eigenvalue weighted by Crippen LogP contribution is 2.43. The Bertz CT molecular complexity index is 957. The first-order chi connectivity index (χ1) is 13.4. The van der Waals surface area contributed by atoms with Crippen molar-refractivity contribution in [3.8, 4) is 11.5 Å². The van der Waals surface area contributed by atoms with Gasteiger partial charge in [-0.25, -0.2) is 4.90 Å². The molecule has 8 heteroatoms. The highest BCUT2D eigenvalue weighted by atomic mass is 16.5. The van der Waals surface area contributed by atoms with E-state index >= 15 is 0 Å². The molecule has 2 fully saturated rings. The summed E-state index contributed by atoms with van der Waals surface area (Å²) in [5.74, 6) is -3.95. The van der Waals surface area contributed by atoms with E-state index in [1.165, 1.54) is 18.5 Å². The minimum absolute atomic E-state index is 0.0513. The van der Waals surface area contributed by atoms with Gasteiger partial charge in [0.1, 0.15) is 41.4 Å². The Labute approximate surface area is 160 Å². The van der Waals surface area contributed by atoms with Crippen molar-refractivity contribution in [1.82, 2.24) is 0 Å². The third kappa shape index (κ3) is 2.61. The molecule has 2 aliphatic heterocycles. The van der Waals surface area contributed by atoms with Gasteiger partial charge in [-0.2, -0.15) is 0 Å². The fourth-order valence-electron chi connectivity index (χ4n) is 4.21. The van der Waals surface area contributed by atoms with Crippen LogP contribution in [0, 0.1) is 11.8 Å². The molecule has 0 aliphatic carbocycles. The number of methoxy groups -OCH3 is 1. The Kier molecular flexibility index (Phi) is 4.27. The number of aromatic hydroxyl groups is 1. The van der Waals surface area contributed by atoms with Crippen LogP contribution in [0.1, 0.15) is 11.6 Å². The van der Waals surface area contributed by atoms with Crippen LogP contribution in [0.2, 0.25) is 0 Å². The van der Waals surface area contributed by atoms with Crippen LogP contribution in [0.25, 0.3) is 0 Å². The van der Waals surface area contributed by atoms with Crippen molar-refractivity contribution >= 4 is 23.5 Å². The van der Waals surface area contributed by atoms with Gasteiger partial charge in [-0.05, 0) is 36.4 Å². The van der Waals surface area contributed by atoms with Crippen molar-refractivity contribution in [2.75, 3.05) is 12.0 Å². The molecule has 144 valence electrons. The quantitative estimate of drug-likeness (QED) is 0.650. The molecule has 0 bridgehead atoms. The Morgan fingerprint density at radius 3 is 2.32 bits per heavy atom. The number of carboxylic acids is 1. The Balaban J connectivity index is 1.76. The van der Waals surface area contributed by atoms with E-state index in [1.54, 1.807) is 42.5 Å². The molecule has 0 unspecified atom stereocenters. The lowest BCUT2D eigenvalue weighted by Gasteiger charge is -2.21. The first-order valence-electron chi connectivity index (χ1n) is 8.79. The number of fused-ring (bicyclic) bond motifs is 1. The summed E-state index contributed by atoms with van der Waals surface area (Å²) in [6, 6.07) is 10.9. The first-order valence-corrected chi connectivity index (χ1v) is 8.79. The molecule has 2 heterocycles. The van der Waals surface area contributed by atoms with Gasteiger partial charge >= 0.3 is 0 Å². The van der Waals surface area contributed by atoms with Crippen LogP contribution in [0.15, 0.2) is 48.5 Å². The predicted octanol–water partition coefficient (Wildman–Crippen LogP) is -1.06. The smallest absolute Gasteiger partial charge is 0.244 e. The lowest BCUT2D eigenvalue weighted by Crippen LogP contribution is -2.92. The number of phenolic OH excluding ortho intramolecular Hbond substituents is 1. The van der Waals surface area contributed by atoms with Gasteiger partial charge in [0, 0.05) is 0 Å². The maximum Gasteiger partial charge on any atom is 0.244 e.